The quantitative estimate of drug-likeness (QED) is 0.0141. The lowest BCUT2D eigenvalue weighted by atomic mass is 9.98. The molecule has 4 N–H and O–H groups in total. The van der Waals surface area contributed by atoms with Gasteiger partial charge in [-0.25, -0.2) is 19.4 Å². The maximum atomic E-state index is 13.7. The third-order valence-electron chi connectivity index (χ3n) is 8.15. The van der Waals surface area contributed by atoms with Crippen molar-refractivity contribution in [3.63, 3.8) is 0 Å². The standard InChI is InChI=1S/C42H61N7O12S/c1-13-16-18-55-30(15-3)31(56-19-17-14-2)20-25(4)27-21-26(60-48-27)23-57-38(53)43-22-28-32(34(50)44-28)46-35(51)33(49-61-42(11,12)36(52)58-40(5,6)7)29-24-62-37(45-29)47-39(54)59-41(8,9)10/h15,20-21,24,28,32H,4,13-14,16-19,22-23H2,1-3,5-12H3,(H,43,53)(H,44,50)(H,46,51)(H,45,47,54)/b30-15+,31-20+,49-33-/t28-,32+/m1/s1. The van der Waals surface area contributed by atoms with Gasteiger partial charge in [-0.15, -0.1) is 11.3 Å². The number of ether oxygens (including phenoxy) is 5. The Morgan fingerprint density at radius 1 is 0.935 bits per heavy atom. The van der Waals surface area contributed by atoms with Crippen LogP contribution >= 0.6 is 11.3 Å². The third kappa shape index (κ3) is 16.5. The number of hydrogen-bond acceptors (Lipinski definition) is 16. The van der Waals surface area contributed by atoms with Crippen molar-refractivity contribution < 1.29 is 57.0 Å². The summed E-state index contributed by atoms with van der Waals surface area (Å²) in [5, 5.41) is 19.7. The molecule has 3 heterocycles. The molecular formula is C42H61N7O12S. The second-order valence-corrected chi connectivity index (χ2v) is 17.4. The fourth-order valence-corrected chi connectivity index (χ4v) is 5.58. The SMILES string of the molecule is C=C(/C=C(OCCCC)\C(=C/C)OCCCC)c1cc(COC(=O)NC[C@H]2NC(=O)[C@H]2NC(=O)/C(=N\OC(C)(C)C(=O)OC(C)(C)C)c2csc(NC(=O)OC(C)(C)C)n2)on1. The number of hydrogen-bond donors (Lipinski definition) is 4. The molecule has 0 spiro atoms. The topological polar surface area (TPSA) is 240 Å². The fraction of sp³-hybridized carbons (Fsp3) is 0.571. The van der Waals surface area contributed by atoms with Gasteiger partial charge in [-0.2, -0.15) is 0 Å². The first-order valence-electron chi connectivity index (χ1n) is 20.3. The number of β-lactam (4-membered cyclic amide) rings is 1. The number of nitrogens with zero attached hydrogens (tertiary/aromatic N) is 3. The van der Waals surface area contributed by atoms with Crippen molar-refractivity contribution in [3.05, 3.63) is 58.8 Å². The van der Waals surface area contributed by atoms with Crippen molar-refractivity contribution in [2.75, 3.05) is 25.1 Å². The van der Waals surface area contributed by atoms with Crippen LogP contribution in [0.4, 0.5) is 14.7 Å². The first-order valence-corrected chi connectivity index (χ1v) is 21.2. The summed E-state index contributed by atoms with van der Waals surface area (Å²) in [5.41, 5.74) is -2.87. The van der Waals surface area contributed by atoms with E-state index in [9.17, 15) is 24.0 Å². The van der Waals surface area contributed by atoms with Crippen molar-refractivity contribution in [2.24, 2.45) is 5.16 Å². The highest BCUT2D eigenvalue weighted by molar-refractivity contribution is 7.14. The number of unbranched alkanes of at least 4 members (excludes halogenated alkanes) is 2. The normalized spacial score (nSPS) is 16.0. The summed E-state index contributed by atoms with van der Waals surface area (Å²) in [7, 11) is 0. The molecule has 1 aliphatic rings. The summed E-state index contributed by atoms with van der Waals surface area (Å²) >= 11 is 0.963. The molecule has 62 heavy (non-hydrogen) atoms. The number of amides is 4. The number of anilines is 1. The van der Waals surface area contributed by atoms with E-state index in [0.717, 1.165) is 37.0 Å². The lowest BCUT2D eigenvalue weighted by Crippen LogP contribution is -2.72. The second kappa shape index (κ2) is 22.8. The molecule has 1 saturated heterocycles. The molecule has 342 valence electrons. The number of oxime groups is 1. The van der Waals surface area contributed by atoms with Crippen LogP contribution in [0.5, 0.6) is 0 Å². The molecule has 2 atom stereocenters. The summed E-state index contributed by atoms with van der Waals surface area (Å²) in [6.07, 6.45) is 5.63. The number of esters is 1. The largest absolute Gasteiger partial charge is 0.490 e. The van der Waals surface area contributed by atoms with Gasteiger partial charge in [-0.05, 0) is 87.3 Å². The van der Waals surface area contributed by atoms with Crippen LogP contribution in [0.25, 0.3) is 5.57 Å². The van der Waals surface area contributed by atoms with Crippen LogP contribution in [-0.2, 0) is 49.5 Å². The van der Waals surface area contributed by atoms with E-state index >= 15 is 0 Å². The van der Waals surface area contributed by atoms with E-state index in [1.165, 1.54) is 19.2 Å². The molecular weight excluding hydrogens is 827 g/mol. The van der Waals surface area contributed by atoms with E-state index in [0.29, 0.717) is 36.0 Å². The van der Waals surface area contributed by atoms with Crippen LogP contribution in [0.1, 0.15) is 119 Å². The number of carbonyl (C=O) groups is 5. The highest BCUT2D eigenvalue weighted by atomic mass is 32.1. The summed E-state index contributed by atoms with van der Waals surface area (Å²) < 4.78 is 33.3. The van der Waals surface area contributed by atoms with Crippen molar-refractivity contribution in [2.45, 2.75) is 137 Å². The van der Waals surface area contributed by atoms with Crippen LogP contribution in [0, 0.1) is 0 Å². The van der Waals surface area contributed by atoms with Gasteiger partial charge in [0, 0.05) is 23.6 Å². The molecule has 20 heteroatoms. The highest BCUT2D eigenvalue weighted by Crippen LogP contribution is 2.24. The Morgan fingerprint density at radius 2 is 1.58 bits per heavy atom. The Bertz CT molecular complexity index is 1990. The number of nitrogens with one attached hydrogen (secondary N) is 4. The molecule has 0 unspecified atom stereocenters. The van der Waals surface area contributed by atoms with Crippen LogP contribution < -0.4 is 21.3 Å². The van der Waals surface area contributed by atoms with Crippen molar-refractivity contribution in [1.82, 2.24) is 26.1 Å². The summed E-state index contributed by atoms with van der Waals surface area (Å²) in [5.74, 6) is -0.867. The minimum Gasteiger partial charge on any atom is -0.490 e. The molecule has 4 amide bonds. The van der Waals surface area contributed by atoms with Crippen LogP contribution in [0.2, 0.25) is 0 Å². The fourth-order valence-electron chi connectivity index (χ4n) is 4.90. The minimum absolute atomic E-state index is 0.0496. The van der Waals surface area contributed by atoms with E-state index in [2.05, 4.69) is 57.0 Å². The first-order chi connectivity index (χ1) is 29.0. The van der Waals surface area contributed by atoms with E-state index in [4.69, 9.17) is 33.0 Å². The maximum absolute atomic E-state index is 13.7. The molecule has 0 radical (unpaired) electrons. The van der Waals surface area contributed by atoms with E-state index < -0.39 is 64.6 Å². The molecule has 0 saturated carbocycles. The zero-order valence-electron chi connectivity index (χ0n) is 37.5. The molecule has 3 rings (SSSR count). The monoisotopic (exact) mass is 887 g/mol. The summed E-state index contributed by atoms with van der Waals surface area (Å²) in [6.45, 7) is 23.7. The number of alkyl carbamates (subject to hydrolysis) is 1. The zero-order valence-corrected chi connectivity index (χ0v) is 38.3. The number of allylic oxidation sites excluding steroid dienone is 3. The van der Waals surface area contributed by atoms with Gasteiger partial charge >= 0.3 is 18.2 Å². The first kappa shape index (κ1) is 50.4. The Morgan fingerprint density at radius 3 is 2.18 bits per heavy atom. The summed E-state index contributed by atoms with van der Waals surface area (Å²) in [6, 6.07) is -0.304. The smallest absolute Gasteiger partial charge is 0.413 e. The van der Waals surface area contributed by atoms with E-state index in [1.54, 1.807) is 53.7 Å². The maximum Gasteiger partial charge on any atom is 0.413 e. The second-order valence-electron chi connectivity index (χ2n) is 16.5. The van der Waals surface area contributed by atoms with Crippen LogP contribution in [0.3, 0.4) is 0 Å². The lowest BCUT2D eigenvalue weighted by molar-refractivity contribution is -0.179. The average Bonchev–Trinajstić information content (AvgIpc) is 3.85. The number of carbonyl (C=O) groups excluding carboxylic acids is 5. The van der Waals surface area contributed by atoms with Gasteiger partial charge in [-0.3, -0.25) is 14.9 Å². The van der Waals surface area contributed by atoms with Gasteiger partial charge in [0.25, 0.3) is 5.91 Å². The number of rotatable bonds is 22. The third-order valence-corrected chi connectivity index (χ3v) is 8.90. The van der Waals surface area contributed by atoms with Gasteiger partial charge in [0.1, 0.15) is 28.6 Å². The van der Waals surface area contributed by atoms with Crippen LogP contribution in [0.15, 0.2) is 51.4 Å². The number of aromatic nitrogens is 2. The van der Waals surface area contributed by atoms with Crippen molar-refractivity contribution >= 4 is 57.7 Å². The minimum atomic E-state index is -1.66. The van der Waals surface area contributed by atoms with Gasteiger partial charge in [0.15, 0.2) is 34.7 Å². The Labute approximate surface area is 366 Å². The Kier molecular flexibility index (Phi) is 18.5. The molecule has 0 aromatic carbocycles. The van der Waals surface area contributed by atoms with E-state index in [1.807, 2.05) is 13.0 Å². The predicted molar refractivity (Wildman–Crippen MR) is 231 cm³/mol. The molecule has 1 fully saturated rings. The molecule has 2 aromatic rings. The molecule has 0 aliphatic carbocycles. The molecule has 19 nitrogen and oxygen atoms in total. The Hall–Kier alpha value is -5.92. The Balaban J connectivity index is 1.66. The van der Waals surface area contributed by atoms with Crippen molar-refractivity contribution in [1.29, 1.82) is 0 Å². The van der Waals surface area contributed by atoms with Crippen molar-refractivity contribution in [3.8, 4) is 0 Å². The van der Waals surface area contributed by atoms with Gasteiger partial charge in [-0.1, -0.05) is 43.6 Å². The van der Waals surface area contributed by atoms with Gasteiger partial charge < -0.3 is 49.0 Å². The van der Waals surface area contributed by atoms with Gasteiger partial charge in [0.2, 0.25) is 11.5 Å². The predicted octanol–water partition coefficient (Wildman–Crippen LogP) is 6.66. The van der Waals surface area contributed by atoms with E-state index in [-0.39, 0.29) is 29.7 Å². The highest BCUT2D eigenvalue weighted by Gasteiger charge is 2.42. The summed E-state index contributed by atoms with van der Waals surface area (Å²) in [4.78, 5) is 74.1. The average molecular weight is 888 g/mol. The van der Waals surface area contributed by atoms with Crippen LogP contribution in [-0.4, -0.2) is 94.5 Å². The van der Waals surface area contributed by atoms with Gasteiger partial charge in [0.05, 0.1) is 19.3 Å². The zero-order chi connectivity index (χ0) is 46.3. The molecule has 2 aromatic heterocycles. The lowest BCUT2D eigenvalue weighted by Gasteiger charge is -2.37. The molecule has 1 aliphatic heterocycles. The molecule has 0 bridgehead atoms. The number of thiazole rings is 1.